The van der Waals surface area contributed by atoms with E-state index in [1.807, 2.05) is 41.3 Å². The number of amides is 1. The lowest BCUT2D eigenvalue weighted by molar-refractivity contribution is -0.133. The van der Waals surface area contributed by atoms with Gasteiger partial charge in [-0.15, -0.1) is 0 Å². The molecule has 0 heterocycles. The van der Waals surface area contributed by atoms with Crippen LogP contribution in [0.3, 0.4) is 0 Å². The van der Waals surface area contributed by atoms with Crippen molar-refractivity contribution >= 4 is 12.0 Å². The van der Waals surface area contributed by atoms with E-state index in [1.165, 1.54) is 16.7 Å². The van der Waals surface area contributed by atoms with Crippen molar-refractivity contribution < 1.29 is 4.79 Å². The molecule has 2 nitrogen and oxygen atoms in total. The highest BCUT2D eigenvalue weighted by atomic mass is 16.2. The summed E-state index contributed by atoms with van der Waals surface area (Å²) >= 11 is 0. The summed E-state index contributed by atoms with van der Waals surface area (Å²) in [4.78, 5) is 14.9. The van der Waals surface area contributed by atoms with Gasteiger partial charge < -0.3 is 4.90 Å². The van der Waals surface area contributed by atoms with Crippen LogP contribution in [0.15, 0.2) is 66.2 Å². The van der Waals surface area contributed by atoms with Crippen molar-refractivity contribution in [1.82, 2.24) is 4.90 Å². The molecule has 0 saturated carbocycles. The zero-order chi connectivity index (χ0) is 18.2. The molecule has 0 saturated heterocycles. The molecule has 2 aromatic rings. The van der Waals surface area contributed by atoms with E-state index in [-0.39, 0.29) is 11.9 Å². The maximum atomic E-state index is 12.9. The summed E-state index contributed by atoms with van der Waals surface area (Å²) in [6.45, 7) is 9.05. The second-order valence-corrected chi connectivity index (χ2v) is 7.11. The minimum absolute atomic E-state index is 0.0616. The first kappa shape index (κ1) is 19.0. The summed E-state index contributed by atoms with van der Waals surface area (Å²) < 4.78 is 0. The molecular formula is C23H29NO. The fourth-order valence-electron chi connectivity index (χ4n) is 2.97. The van der Waals surface area contributed by atoms with E-state index in [1.54, 1.807) is 0 Å². The average Bonchev–Trinajstić information content (AvgIpc) is 2.60. The van der Waals surface area contributed by atoms with Crippen molar-refractivity contribution in [2.24, 2.45) is 5.92 Å². The van der Waals surface area contributed by atoms with Gasteiger partial charge in [-0.25, -0.2) is 0 Å². The molecule has 0 aliphatic rings. The van der Waals surface area contributed by atoms with Crippen molar-refractivity contribution in [2.75, 3.05) is 6.54 Å². The van der Waals surface area contributed by atoms with Crippen LogP contribution < -0.4 is 0 Å². The molecule has 0 radical (unpaired) electrons. The molecule has 2 aromatic carbocycles. The topological polar surface area (TPSA) is 20.3 Å². The highest BCUT2D eigenvalue weighted by Gasteiger charge is 2.22. The van der Waals surface area contributed by atoms with Crippen LogP contribution in [0.25, 0.3) is 6.08 Å². The molecule has 1 unspecified atom stereocenters. The fraction of sp³-hybridized carbons (Fsp3) is 0.348. The number of hydrogen-bond acceptors (Lipinski definition) is 1. The van der Waals surface area contributed by atoms with Gasteiger partial charge in [-0.2, -0.15) is 0 Å². The van der Waals surface area contributed by atoms with Gasteiger partial charge in [-0.05, 0) is 30.9 Å². The van der Waals surface area contributed by atoms with Gasteiger partial charge >= 0.3 is 0 Å². The first-order valence-corrected chi connectivity index (χ1v) is 9.04. The smallest absolute Gasteiger partial charge is 0.223 e. The fourth-order valence-corrected chi connectivity index (χ4v) is 2.97. The zero-order valence-corrected chi connectivity index (χ0v) is 15.8. The summed E-state index contributed by atoms with van der Waals surface area (Å²) in [5, 5.41) is 0. The summed E-state index contributed by atoms with van der Waals surface area (Å²) in [5.41, 5.74) is 3.53. The van der Waals surface area contributed by atoms with E-state index in [4.69, 9.17) is 0 Å². The van der Waals surface area contributed by atoms with E-state index in [0.29, 0.717) is 18.9 Å². The molecule has 0 aromatic heterocycles. The molecule has 2 rings (SSSR count). The van der Waals surface area contributed by atoms with Crippen molar-refractivity contribution in [3.05, 3.63) is 77.4 Å². The molecule has 0 N–H and O–H groups in total. The highest BCUT2D eigenvalue weighted by Crippen LogP contribution is 2.23. The minimum Gasteiger partial charge on any atom is -0.332 e. The largest absolute Gasteiger partial charge is 0.332 e. The van der Waals surface area contributed by atoms with Gasteiger partial charge in [0, 0.05) is 13.0 Å². The number of nitrogens with zero attached hydrogens (tertiary/aromatic N) is 1. The van der Waals surface area contributed by atoms with E-state index in [0.717, 1.165) is 0 Å². The molecule has 132 valence electrons. The van der Waals surface area contributed by atoms with Crippen LogP contribution in [-0.4, -0.2) is 17.4 Å². The molecule has 0 bridgehead atoms. The molecule has 0 spiro atoms. The van der Waals surface area contributed by atoms with E-state index in [9.17, 15) is 4.79 Å². The summed E-state index contributed by atoms with van der Waals surface area (Å²) in [5.74, 6) is 0.573. The number of carbonyl (C=O) groups is 1. The Hall–Kier alpha value is -2.35. The molecular weight excluding hydrogens is 306 g/mol. The number of hydrogen-bond donors (Lipinski definition) is 0. The van der Waals surface area contributed by atoms with Gasteiger partial charge in [0.15, 0.2) is 0 Å². The van der Waals surface area contributed by atoms with Crippen LogP contribution in [0.2, 0.25) is 0 Å². The molecule has 1 atom stereocenters. The predicted octanol–water partition coefficient (Wildman–Crippen LogP) is 5.73. The number of benzene rings is 2. The SMILES string of the molecule is C/C(=C\c1ccccc1)CN(C(=O)CC(C)C)C(C)c1ccccc1. The molecule has 25 heavy (non-hydrogen) atoms. The Morgan fingerprint density at radius 2 is 1.52 bits per heavy atom. The van der Waals surface area contributed by atoms with Crippen molar-refractivity contribution in [3.8, 4) is 0 Å². The monoisotopic (exact) mass is 335 g/mol. The molecule has 0 aliphatic heterocycles. The Kier molecular flexibility index (Phi) is 7.00. The number of rotatable bonds is 7. The Bertz CT molecular complexity index is 689. The van der Waals surface area contributed by atoms with Gasteiger partial charge in [-0.1, -0.05) is 86.2 Å². The average molecular weight is 335 g/mol. The van der Waals surface area contributed by atoms with E-state index in [2.05, 4.69) is 58.0 Å². The first-order chi connectivity index (χ1) is 12.0. The van der Waals surface area contributed by atoms with Crippen LogP contribution in [0.5, 0.6) is 0 Å². The molecule has 1 amide bonds. The maximum Gasteiger partial charge on any atom is 0.223 e. The number of carbonyl (C=O) groups excluding carboxylic acids is 1. The second-order valence-electron chi connectivity index (χ2n) is 7.11. The zero-order valence-electron chi connectivity index (χ0n) is 15.8. The molecule has 0 fully saturated rings. The second kappa shape index (κ2) is 9.22. The Morgan fingerprint density at radius 1 is 0.960 bits per heavy atom. The van der Waals surface area contributed by atoms with Gasteiger partial charge in [0.05, 0.1) is 6.04 Å². The third-order valence-corrected chi connectivity index (χ3v) is 4.29. The van der Waals surface area contributed by atoms with Gasteiger partial charge in [0.25, 0.3) is 0 Å². The molecule has 2 heteroatoms. The standard InChI is InChI=1S/C23H29NO/c1-18(2)15-23(25)24(20(4)22-13-9-6-10-14-22)17-19(3)16-21-11-7-5-8-12-21/h5-14,16,18,20H,15,17H2,1-4H3/b19-16+. The highest BCUT2D eigenvalue weighted by molar-refractivity contribution is 5.77. The van der Waals surface area contributed by atoms with E-state index < -0.39 is 0 Å². The third-order valence-electron chi connectivity index (χ3n) is 4.29. The first-order valence-electron chi connectivity index (χ1n) is 9.04. The van der Waals surface area contributed by atoms with Crippen LogP contribution >= 0.6 is 0 Å². The lowest BCUT2D eigenvalue weighted by Crippen LogP contribution is -2.35. The quantitative estimate of drug-likeness (QED) is 0.633. The van der Waals surface area contributed by atoms with E-state index >= 15 is 0 Å². The summed E-state index contributed by atoms with van der Waals surface area (Å²) in [7, 11) is 0. The predicted molar refractivity (Wildman–Crippen MR) is 106 cm³/mol. The van der Waals surface area contributed by atoms with Crippen molar-refractivity contribution in [1.29, 1.82) is 0 Å². The summed E-state index contributed by atoms with van der Waals surface area (Å²) in [6.07, 6.45) is 2.74. The summed E-state index contributed by atoms with van der Waals surface area (Å²) in [6, 6.07) is 20.6. The third kappa shape index (κ3) is 5.90. The Balaban J connectivity index is 2.22. The van der Waals surface area contributed by atoms with Gasteiger partial charge in [0.1, 0.15) is 0 Å². The van der Waals surface area contributed by atoms with Gasteiger partial charge in [-0.3, -0.25) is 4.79 Å². The normalized spacial score (nSPS) is 12.9. The van der Waals surface area contributed by atoms with Crippen LogP contribution in [0.1, 0.15) is 51.3 Å². The van der Waals surface area contributed by atoms with Crippen molar-refractivity contribution in [2.45, 2.75) is 40.2 Å². The Labute approximate surface area is 152 Å². The Morgan fingerprint density at radius 3 is 2.08 bits per heavy atom. The lowest BCUT2D eigenvalue weighted by atomic mass is 10.0. The maximum absolute atomic E-state index is 12.9. The molecule has 0 aliphatic carbocycles. The van der Waals surface area contributed by atoms with Crippen LogP contribution in [0.4, 0.5) is 0 Å². The lowest BCUT2D eigenvalue weighted by Gasteiger charge is -2.31. The van der Waals surface area contributed by atoms with Crippen molar-refractivity contribution in [3.63, 3.8) is 0 Å². The minimum atomic E-state index is 0.0616. The van der Waals surface area contributed by atoms with Gasteiger partial charge in [0.2, 0.25) is 5.91 Å². The van der Waals surface area contributed by atoms with Crippen LogP contribution in [0, 0.1) is 5.92 Å². The van der Waals surface area contributed by atoms with Crippen LogP contribution in [-0.2, 0) is 4.79 Å².